The highest BCUT2D eigenvalue weighted by Crippen LogP contribution is 2.29. The SMILES string of the molecule is Cc1c(F)cccc1NS(=O)(=O)c1cc2c(cc1Br)n(C)c(=O)c(=O)n2C. The van der Waals surface area contributed by atoms with Crippen LogP contribution in [-0.4, -0.2) is 17.6 Å². The highest BCUT2D eigenvalue weighted by molar-refractivity contribution is 9.10. The third-order valence-corrected chi connectivity index (χ3v) is 6.67. The molecule has 0 spiro atoms. The number of halogens is 2. The minimum Gasteiger partial charge on any atom is -0.305 e. The van der Waals surface area contributed by atoms with Crippen molar-refractivity contribution in [3.8, 4) is 0 Å². The summed E-state index contributed by atoms with van der Waals surface area (Å²) in [5.41, 5.74) is -0.578. The zero-order chi connectivity index (χ0) is 20.1. The molecule has 0 unspecified atom stereocenters. The molecule has 1 N–H and O–H groups in total. The second-order valence-electron chi connectivity index (χ2n) is 6.02. The van der Waals surface area contributed by atoms with Gasteiger partial charge in [0.15, 0.2) is 0 Å². The molecule has 0 radical (unpaired) electrons. The van der Waals surface area contributed by atoms with Crippen molar-refractivity contribution in [2.45, 2.75) is 11.8 Å². The summed E-state index contributed by atoms with van der Waals surface area (Å²) >= 11 is 3.21. The number of nitrogens with zero attached hydrogens (tertiary/aromatic N) is 2. The number of anilines is 1. The van der Waals surface area contributed by atoms with Gasteiger partial charge in [0.05, 0.1) is 16.7 Å². The van der Waals surface area contributed by atoms with Crippen LogP contribution in [0.15, 0.2) is 49.3 Å². The number of fused-ring (bicyclic) bond motifs is 1. The quantitative estimate of drug-likeness (QED) is 0.613. The van der Waals surface area contributed by atoms with Crippen LogP contribution in [0.5, 0.6) is 0 Å². The summed E-state index contributed by atoms with van der Waals surface area (Å²) in [6.07, 6.45) is 0. The first-order valence-corrected chi connectivity index (χ1v) is 9.99. The standard InChI is InChI=1S/C17H15BrFN3O4S/c1-9-11(19)5-4-6-12(9)20-27(25,26)15-8-14-13(7-10(15)18)21(2)16(23)17(24)22(14)3/h4-8,20H,1-3H3. The second-order valence-corrected chi connectivity index (χ2v) is 8.52. The van der Waals surface area contributed by atoms with Crippen molar-refractivity contribution in [2.75, 3.05) is 4.72 Å². The lowest BCUT2D eigenvalue weighted by atomic mass is 10.2. The molecular weight excluding hydrogens is 441 g/mol. The van der Waals surface area contributed by atoms with Gasteiger partial charge in [-0.05, 0) is 47.1 Å². The minimum absolute atomic E-state index is 0.108. The number of nitrogens with one attached hydrogen (secondary N) is 1. The Labute approximate surface area is 162 Å². The van der Waals surface area contributed by atoms with Crippen LogP contribution in [0.2, 0.25) is 0 Å². The molecule has 0 saturated heterocycles. The van der Waals surface area contributed by atoms with Gasteiger partial charge >= 0.3 is 11.1 Å². The van der Waals surface area contributed by atoms with Crippen LogP contribution in [0.25, 0.3) is 11.0 Å². The summed E-state index contributed by atoms with van der Waals surface area (Å²) in [7, 11) is -1.27. The molecule has 0 saturated carbocycles. The molecule has 10 heteroatoms. The van der Waals surface area contributed by atoms with Crippen LogP contribution >= 0.6 is 15.9 Å². The second kappa shape index (κ2) is 6.61. The smallest absolute Gasteiger partial charge is 0.305 e. The predicted molar refractivity (Wildman–Crippen MR) is 104 cm³/mol. The molecule has 2 aromatic carbocycles. The maximum absolute atomic E-state index is 13.7. The summed E-state index contributed by atoms with van der Waals surface area (Å²) < 4.78 is 44.2. The summed E-state index contributed by atoms with van der Waals surface area (Å²) in [6.45, 7) is 1.46. The molecule has 3 aromatic rings. The molecule has 0 bridgehead atoms. The lowest BCUT2D eigenvalue weighted by Gasteiger charge is -2.15. The number of aromatic nitrogens is 2. The lowest BCUT2D eigenvalue weighted by Crippen LogP contribution is -2.39. The minimum atomic E-state index is -4.09. The molecule has 7 nitrogen and oxygen atoms in total. The van der Waals surface area contributed by atoms with E-state index in [9.17, 15) is 22.4 Å². The Bertz CT molecular complexity index is 1310. The zero-order valence-electron chi connectivity index (χ0n) is 14.6. The molecule has 0 fully saturated rings. The Morgan fingerprint density at radius 1 is 1.04 bits per heavy atom. The zero-order valence-corrected chi connectivity index (χ0v) is 17.0. The number of hydrogen-bond acceptors (Lipinski definition) is 4. The fraction of sp³-hybridized carbons (Fsp3) is 0.176. The molecule has 0 atom stereocenters. The van der Waals surface area contributed by atoms with Gasteiger partial charge in [0.1, 0.15) is 10.7 Å². The number of aryl methyl sites for hydroxylation is 2. The molecule has 0 aliphatic carbocycles. The Morgan fingerprint density at radius 3 is 2.19 bits per heavy atom. The first kappa shape index (κ1) is 19.3. The van der Waals surface area contributed by atoms with Crippen molar-refractivity contribution >= 4 is 42.7 Å². The molecule has 1 heterocycles. The van der Waals surface area contributed by atoms with Crippen molar-refractivity contribution in [1.29, 1.82) is 0 Å². The van der Waals surface area contributed by atoms with E-state index in [-0.39, 0.29) is 26.1 Å². The number of rotatable bonds is 3. The third kappa shape index (κ3) is 3.19. The van der Waals surface area contributed by atoms with Crippen molar-refractivity contribution in [2.24, 2.45) is 14.1 Å². The lowest BCUT2D eigenvalue weighted by molar-refractivity contribution is 0.600. The summed E-state index contributed by atoms with van der Waals surface area (Å²) in [5.74, 6) is -0.537. The Kier molecular flexibility index (Phi) is 4.73. The molecule has 0 amide bonds. The third-order valence-electron chi connectivity index (χ3n) is 4.35. The van der Waals surface area contributed by atoms with E-state index in [1.54, 1.807) is 0 Å². The monoisotopic (exact) mass is 455 g/mol. The maximum atomic E-state index is 13.7. The molecule has 27 heavy (non-hydrogen) atoms. The van der Waals surface area contributed by atoms with Gasteiger partial charge in [-0.25, -0.2) is 12.8 Å². The van der Waals surface area contributed by atoms with E-state index in [1.807, 2.05) is 0 Å². The molecular formula is C17H15BrFN3O4S. The van der Waals surface area contributed by atoms with Gasteiger partial charge in [0, 0.05) is 24.1 Å². The normalized spacial score (nSPS) is 11.7. The number of sulfonamides is 1. The van der Waals surface area contributed by atoms with Gasteiger partial charge in [-0.1, -0.05) is 6.07 Å². The fourth-order valence-electron chi connectivity index (χ4n) is 2.70. The summed E-state index contributed by atoms with van der Waals surface area (Å²) in [4.78, 5) is 23.8. The molecule has 1 aromatic heterocycles. The van der Waals surface area contributed by atoms with E-state index >= 15 is 0 Å². The van der Waals surface area contributed by atoms with Gasteiger partial charge in [0.2, 0.25) is 0 Å². The van der Waals surface area contributed by atoms with Crippen LogP contribution in [0.1, 0.15) is 5.56 Å². The van der Waals surface area contributed by atoms with Gasteiger partial charge in [-0.2, -0.15) is 0 Å². The van der Waals surface area contributed by atoms with Crippen molar-refractivity contribution < 1.29 is 12.8 Å². The average Bonchev–Trinajstić information content (AvgIpc) is 2.61. The average molecular weight is 456 g/mol. The van der Waals surface area contributed by atoms with Gasteiger partial charge in [0.25, 0.3) is 10.0 Å². The van der Waals surface area contributed by atoms with Gasteiger partial charge < -0.3 is 9.13 Å². The van der Waals surface area contributed by atoms with Crippen LogP contribution in [0.4, 0.5) is 10.1 Å². The van der Waals surface area contributed by atoms with E-state index in [2.05, 4.69) is 20.7 Å². The highest BCUT2D eigenvalue weighted by atomic mass is 79.9. The summed E-state index contributed by atoms with van der Waals surface area (Å²) in [6, 6.07) is 6.81. The van der Waals surface area contributed by atoms with Crippen molar-refractivity contribution in [3.05, 3.63) is 66.9 Å². The van der Waals surface area contributed by atoms with Crippen LogP contribution in [0.3, 0.4) is 0 Å². The van der Waals surface area contributed by atoms with Crippen molar-refractivity contribution in [3.63, 3.8) is 0 Å². The first-order chi connectivity index (χ1) is 12.5. The fourth-order valence-corrected chi connectivity index (χ4v) is 4.87. The topological polar surface area (TPSA) is 90.2 Å². The van der Waals surface area contributed by atoms with Crippen LogP contribution < -0.4 is 15.8 Å². The van der Waals surface area contributed by atoms with Gasteiger partial charge in [-0.15, -0.1) is 0 Å². The van der Waals surface area contributed by atoms with Crippen molar-refractivity contribution in [1.82, 2.24) is 9.13 Å². The van der Waals surface area contributed by atoms with E-state index in [0.29, 0.717) is 5.52 Å². The molecule has 142 valence electrons. The van der Waals surface area contributed by atoms with Crippen LogP contribution in [0, 0.1) is 12.7 Å². The molecule has 0 aliphatic rings. The Hall–Kier alpha value is -2.46. The van der Waals surface area contributed by atoms with E-state index in [4.69, 9.17) is 0 Å². The number of benzene rings is 2. The first-order valence-electron chi connectivity index (χ1n) is 7.72. The molecule has 0 aliphatic heterocycles. The van der Waals surface area contributed by atoms with E-state index in [1.165, 1.54) is 51.4 Å². The van der Waals surface area contributed by atoms with E-state index < -0.39 is 27.0 Å². The van der Waals surface area contributed by atoms with Crippen LogP contribution in [-0.2, 0) is 24.1 Å². The maximum Gasteiger partial charge on any atom is 0.316 e. The number of hydrogen-bond donors (Lipinski definition) is 1. The largest absolute Gasteiger partial charge is 0.316 e. The Balaban J connectivity index is 2.24. The van der Waals surface area contributed by atoms with E-state index in [0.717, 1.165) is 9.13 Å². The summed E-state index contributed by atoms with van der Waals surface area (Å²) in [5, 5.41) is 0. The van der Waals surface area contributed by atoms with Gasteiger partial charge in [-0.3, -0.25) is 14.3 Å². The Morgan fingerprint density at radius 2 is 1.59 bits per heavy atom. The highest BCUT2D eigenvalue weighted by Gasteiger charge is 2.22. The molecule has 3 rings (SSSR count). The predicted octanol–water partition coefficient (Wildman–Crippen LogP) is 2.25.